The molecule has 0 fully saturated rings. The Morgan fingerprint density at radius 2 is 2.06 bits per heavy atom. The molecule has 4 N–H and O–H groups in total. The largest absolute Gasteiger partial charge is 0.391 e. The van der Waals surface area contributed by atoms with Crippen molar-refractivity contribution in [2.24, 2.45) is 11.1 Å². The van der Waals surface area contributed by atoms with Crippen molar-refractivity contribution < 1.29 is 14.6 Å². The third-order valence-electron chi connectivity index (χ3n) is 2.56. The lowest BCUT2D eigenvalue weighted by atomic mass is 9.89. The number of aliphatic hydroxyl groups is 1. The third kappa shape index (κ3) is 9.39. The molecule has 0 heterocycles. The van der Waals surface area contributed by atoms with Crippen molar-refractivity contribution in [3.8, 4) is 0 Å². The van der Waals surface area contributed by atoms with Gasteiger partial charge in [-0.15, -0.1) is 0 Å². The summed E-state index contributed by atoms with van der Waals surface area (Å²) in [5.74, 6) is -0.209. The molecular weight excluding hydrogens is 232 g/mol. The lowest BCUT2D eigenvalue weighted by Gasteiger charge is -2.23. The topological polar surface area (TPSA) is 84.6 Å². The van der Waals surface area contributed by atoms with Gasteiger partial charge in [-0.3, -0.25) is 4.79 Å². The molecule has 0 aliphatic heterocycles. The van der Waals surface area contributed by atoms with Crippen LogP contribution in [-0.2, 0) is 9.53 Å². The fraction of sp³-hybridized carbons (Fsp3) is 0.923. The fourth-order valence-electron chi connectivity index (χ4n) is 1.71. The van der Waals surface area contributed by atoms with Gasteiger partial charge in [0.05, 0.1) is 12.1 Å². The van der Waals surface area contributed by atoms with Gasteiger partial charge < -0.3 is 20.9 Å². The molecule has 0 aliphatic carbocycles. The lowest BCUT2D eigenvalue weighted by molar-refractivity contribution is -0.123. The van der Waals surface area contributed by atoms with E-state index in [0.29, 0.717) is 19.4 Å². The van der Waals surface area contributed by atoms with Crippen molar-refractivity contribution in [1.29, 1.82) is 0 Å². The van der Waals surface area contributed by atoms with Crippen LogP contribution in [0.1, 0.15) is 40.0 Å². The quantitative estimate of drug-likeness (QED) is 0.560. The Labute approximate surface area is 110 Å². The summed E-state index contributed by atoms with van der Waals surface area (Å²) >= 11 is 0. The number of rotatable bonds is 8. The van der Waals surface area contributed by atoms with Crippen LogP contribution in [0, 0.1) is 5.41 Å². The lowest BCUT2D eigenvalue weighted by Crippen LogP contribution is -2.44. The van der Waals surface area contributed by atoms with Gasteiger partial charge in [0.1, 0.15) is 0 Å². The van der Waals surface area contributed by atoms with Crippen molar-refractivity contribution in [3.05, 3.63) is 0 Å². The van der Waals surface area contributed by atoms with Gasteiger partial charge in [-0.25, -0.2) is 0 Å². The molecule has 0 radical (unpaired) electrons. The molecule has 0 saturated carbocycles. The Kier molecular flexibility index (Phi) is 8.15. The molecule has 2 unspecified atom stereocenters. The van der Waals surface area contributed by atoms with Gasteiger partial charge in [0.2, 0.25) is 5.91 Å². The van der Waals surface area contributed by atoms with Crippen LogP contribution in [0.4, 0.5) is 0 Å². The molecule has 0 aromatic heterocycles. The SMILES string of the molecule is COCCCC(N)C(=O)NCC(O)CC(C)(C)C. The highest BCUT2D eigenvalue weighted by Gasteiger charge is 2.18. The Morgan fingerprint density at radius 1 is 1.44 bits per heavy atom. The highest BCUT2D eigenvalue weighted by molar-refractivity contribution is 5.81. The van der Waals surface area contributed by atoms with Gasteiger partial charge in [-0.05, 0) is 24.7 Å². The van der Waals surface area contributed by atoms with Crippen LogP contribution in [0.25, 0.3) is 0 Å². The highest BCUT2D eigenvalue weighted by Crippen LogP contribution is 2.20. The van der Waals surface area contributed by atoms with Gasteiger partial charge >= 0.3 is 0 Å². The van der Waals surface area contributed by atoms with Crippen molar-refractivity contribution >= 4 is 5.91 Å². The number of hydrogen-bond donors (Lipinski definition) is 3. The second-order valence-corrected chi connectivity index (χ2v) is 5.91. The first-order valence-corrected chi connectivity index (χ1v) is 6.46. The van der Waals surface area contributed by atoms with Crippen molar-refractivity contribution in [1.82, 2.24) is 5.32 Å². The zero-order valence-corrected chi connectivity index (χ0v) is 12.0. The molecule has 1 amide bonds. The maximum Gasteiger partial charge on any atom is 0.237 e. The van der Waals surface area contributed by atoms with Crippen molar-refractivity contribution in [3.63, 3.8) is 0 Å². The first-order chi connectivity index (χ1) is 8.26. The van der Waals surface area contributed by atoms with Crippen LogP contribution in [0.3, 0.4) is 0 Å². The second-order valence-electron chi connectivity index (χ2n) is 5.91. The Bertz CT molecular complexity index is 239. The number of methoxy groups -OCH3 is 1. The molecule has 5 heteroatoms. The molecule has 0 bridgehead atoms. The monoisotopic (exact) mass is 260 g/mol. The van der Waals surface area contributed by atoms with Gasteiger partial charge in [0.25, 0.3) is 0 Å². The predicted molar refractivity (Wildman–Crippen MR) is 72.2 cm³/mol. The summed E-state index contributed by atoms with van der Waals surface area (Å²) in [5.41, 5.74) is 5.77. The summed E-state index contributed by atoms with van der Waals surface area (Å²) < 4.78 is 4.90. The predicted octanol–water partition coefficient (Wildman–Crippen LogP) is 0.654. The molecule has 108 valence electrons. The average molecular weight is 260 g/mol. The number of amides is 1. The van der Waals surface area contributed by atoms with E-state index >= 15 is 0 Å². The first kappa shape index (κ1) is 17.4. The molecule has 0 aliphatic rings. The van der Waals surface area contributed by atoms with Crippen LogP contribution >= 0.6 is 0 Å². The van der Waals surface area contributed by atoms with Gasteiger partial charge in [0.15, 0.2) is 0 Å². The van der Waals surface area contributed by atoms with Crippen LogP contribution in [0.15, 0.2) is 0 Å². The molecule has 0 saturated heterocycles. The molecule has 0 spiro atoms. The summed E-state index contributed by atoms with van der Waals surface area (Å²) in [6.45, 7) is 7.01. The highest BCUT2D eigenvalue weighted by atomic mass is 16.5. The average Bonchev–Trinajstić information content (AvgIpc) is 2.23. The maximum absolute atomic E-state index is 11.6. The van der Waals surface area contributed by atoms with Gasteiger partial charge in [-0.1, -0.05) is 20.8 Å². The van der Waals surface area contributed by atoms with Crippen LogP contribution in [-0.4, -0.2) is 43.4 Å². The standard InChI is InChI=1S/C13H28N2O3/c1-13(2,3)8-10(16)9-15-12(17)11(14)6-5-7-18-4/h10-11,16H,5-9,14H2,1-4H3,(H,15,17). The Morgan fingerprint density at radius 3 is 2.56 bits per heavy atom. The van der Waals surface area contributed by atoms with E-state index in [1.54, 1.807) is 7.11 Å². The van der Waals surface area contributed by atoms with Gasteiger partial charge in [-0.2, -0.15) is 0 Å². The minimum Gasteiger partial charge on any atom is -0.391 e. The number of carbonyl (C=O) groups excluding carboxylic acids is 1. The fourth-order valence-corrected chi connectivity index (χ4v) is 1.71. The zero-order valence-electron chi connectivity index (χ0n) is 12.0. The smallest absolute Gasteiger partial charge is 0.237 e. The van der Waals surface area contributed by atoms with E-state index in [2.05, 4.69) is 26.1 Å². The Hall–Kier alpha value is -0.650. The minimum absolute atomic E-state index is 0.0464. The Balaban J connectivity index is 3.81. The van der Waals surface area contributed by atoms with E-state index in [0.717, 1.165) is 6.42 Å². The van der Waals surface area contributed by atoms with E-state index in [-0.39, 0.29) is 17.9 Å². The molecule has 5 nitrogen and oxygen atoms in total. The number of nitrogens with one attached hydrogen (secondary N) is 1. The number of ether oxygens (including phenoxy) is 1. The van der Waals surface area contributed by atoms with Crippen LogP contribution in [0.2, 0.25) is 0 Å². The number of carbonyl (C=O) groups is 1. The van der Waals surface area contributed by atoms with Crippen LogP contribution < -0.4 is 11.1 Å². The van der Waals surface area contributed by atoms with Crippen molar-refractivity contribution in [2.45, 2.75) is 52.2 Å². The molecular formula is C13H28N2O3. The maximum atomic E-state index is 11.6. The molecule has 18 heavy (non-hydrogen) atoms. The number of aliphatic hydroxyl groups excluding tert-OH is 1. The van der Waals surface area contributed by atoms with E-state index in [4.69, 9.17) is 10.5 Å². The summed E-state index contributed by atoms with van der Waals surface area (Å²) in [4.78, 5) is 11.6. The van der Waals surface area contributed by atoms with E-state index < -0.39 is 12.1 Å². The zero-order chi connectivity index (χ0) is 14.2. The molecule has 0 rings (SSSR count). The van der Waals surface area contributed by atoms with Crippen molar-refractivity contribution in [2.75, 3.05) is 20.3 Å². The van der Waals surface area contributed by atoms with Crippen LogP contribution in [0.5, 0.6) is 0 Å². The number of nitrogens with two attached hydrogens (primary N) is 1. The second kappa shape index (κ2) is 8.45. The summed E-state index contributed by atoms with van der Waals surface area (Å²) in [5, 5.41) is 12.4. The van der Waals surface area contributed by atoms with Gasteiger partial charge in [0, 0.05) is 20.3 Å². The van der Waals surface area contributed by atoms with E-state index in [9.17, 15) is 9.90 Å². The third-order valence-corrected chi connectivity index (χ3v) is 2.56. The van der Waals surface area contributed by atoms with E-state index in [1.165, 1.54) is 0 Å². The van der Waals surface area contributed by atoms with E-state index in [1.807, 2.05) is 0 Å². The molecule has 0 aromatic carbocycles. The first-order valence-electron chi connectivity index (χ1n) is 6.46. The number of hydrogen-bond acceptors (Lipinski definition) is 4. The molecule has 0 aromatic rings. The minimum atomic E-state index is -0.528. The summed E-state index contributed by atoms with van der Waals surface area (Å²) in [6, 6.07) is -0.526. The normalized spacial score (nSPS) is 15.2. The summed E-state index contributed by atoms with van der Waals surface area (Å²) in [7, 11) is 1.62. The summed E-state index contributed by atoms with van der Waals surface area (Å²) in [6.07, 6.45) is 1.47. The molecule has 2 atom stereocenters.